The van der Waals surface area contributed by atoms with Gasteiger partial charge in [0.25, 0.3) is 0 Å². The second-order valence-corrected chi connectivity index (χ2v) is 3.86. The molecule has 0 aliphatic heterocycles. The maximum absolute atomic E-state index is 12.6. The molecular formula is C13H15FN2O. The minimum Gasteiger partial charge on any atom is -0.377 e. The van der Waals surface area contributed by atoms with Gasteiger partial charge in [-0.1, -0.05) is 12.1 Å². The molecular weight excluding hydrogens is 218 g/mol. The number of imidazole rings is 1. The van der Waals surface area contributed by atoms with Gasteiger partial charge < -0.3 is 9.72 Å². The molecule has 0 saturated carbocycles. The van der Waals surface area contributed by atoms with Crippen LogP contribution in [0.2, 0.25) is 0 Å². The zero-order chi connectivity index (χ0) is 11.9. The summed E-state index contributed by atoms with van der Waals surface area (Å²) >= 11 is 0. The minimum absolute atomic E-state index is 0.215. The molecule has 1 N–H and O–H groups in total. The molecule has 1 aromatic heterocycles. The number of halogens is 1. The molecule has 0 spiro atoms. The fraction of sp³-hybridized carbons (Fsp3) is 0.308. The highest BCUT2D eigenvalue weighted by molar-refractivity contribution is 5.14. The molecule has 0 saturated heterocycles. The summed E-state index contributed by atoms with van der Waals surface area (Å²) in [7, 11) is 0. The lowest BCUT2D eigenvalue weighted by Gasteiger charge is -2.03. The summed E-state index contributed by atoms with van der Waals surface area (Å²) in [5.41, 5.74) is 2.11. The Balaban J connectivity index is 1.61. The largest absolute Gasteiger partial charge is 0.377 e. The molecule has 1 aromatic carbocycles. The van der Waals surface area contributed by atoms with Crippen LogP contribution in [-0.4, -0.2) is 16.6 Å². The van der Waals surface area contributed by atoms with Gasteiger partial charge in [-0.15, -0.1) is 0 Å². The third-order valence-electron chi connectivity index (χ3n) is 2.47. The summed E-state index contributed by atoms with van der Waals surface area (Å²) in [6.45, 7) is 1.22. The zero-order valence-corrected chi connectivity index (χ0v) is 9.53. The monoisotopic (exact) mass is 233 g/mol. The van der Waals surface area contributed by atoms with Crippen molar-refractivity contribution in [3.8, 4) is 0 Å². The Morgan fingerprint density at radius 2 is 2.06 bits per heavy atom. The molecule has 17 heavy (non-hydrogen) atoms. The first-order valence-corrected chi connectivity index (χ1v) is 5.64. The number of nitrogens with one attached hydrogen (secondary N) is 1. The predicted octanol–water partition coefficient (Wildman–Crippen LogP) is 2.70. The van der Waals surface area contributed by atoms with Crippen molar-refractivity contribution in [2.24, 2.45) is 0 Å². The van der Waals surface area contributed by atoms with Crippen LogP contribution < -0.4 is 0 Å². The maximum Gasteiger partial charge on any atom is 0.123 e. The Kier molecular flexibility index (Phi) is 4.27. The first-order valence-electron chi connectivity index (χ1n) is 5.64. The highest BCUT2D eigenvalue weighted by Crippen LogP contribution is 2.05. The number of benzene rings is 1. The minimum atomic E-state index is -0.215. The number of ether oxygens (including phenoxy) is 1. The van der Waals surface area contributed by atoms with E-state index in [0.717, 1.165) is 24.1 Å². The standard InChI is InChI=1S/C13H15FN2O/c14-12-5-3-11(4-6-12)9-17-7-1-2-13-8-15-10-16-13/h3-6,8,10H,1-2,7,9H2,(H,15,16)/i14-1. The lowest BCUT2D eigenvalue weighted by atomic mass is 10.2. The number of aromatic amines is 1. The van der Waals surface area contributed by atoms with E-state index in [1.54, 1.807) is 18.5 Å². The van der Waals surface area contributed by atoms with Crippen molar-refractivity contribution >= 4 is 0 Å². The number of nitrogens with zero attached hydrogens (tertiary/aromatic N) is 1. The molecule has 2 aromatic rings. The van der Waals surface area contributed by atoms with Crippen LogP contribution in [0.5, 0.6) is 0 Å². The lowest BCUT2D eigenvalue weighted by molar-refractivity contribution is 0.118. The number of aryl methyl sites for hydroxylation is 1. The number of hydrogen-bond donors (Lipinski definition) is 1. The van der Waals surface area contributed by atoms with Crippen molar-refractivity contribution in [2.45, 2.75) is 19.4 Å². The van der Waals surface area contributed by atoms with Crippen LogP contribution in [0.4, 0.5) is 4.39 Å². The Hall–Kier alpha value is -1.68. The molecule has 3 nitrogen and oxygen atoms in total. The fourth-order valence-electron chi connectivity index (χ4n) is 1.56. The van der Waals surface area contributed by atoms with Gasteiger partial charge in [-0.25, -0.2) is 9.37 Å². The van der Waals surface area contributed by atoms with E-state index in [4.69, 9.17) is 4.74 Å². The molecule has 0 radical (unpaired) electrons. The zero-order valence-electron chi connectivity index (χ0n) is 9.53. The normalized spacial score (nSPS) is 10.6. The number of H-pyrrole nitrogens is 1. The SMILES string of the molecule is [18F]c1ccc(COCCCc2cnc[nH]2)cc1. The van der Waals surface area contributed by atoms with E-state index in [9.17, 15) is 4.39 Å². The Bertz CT molecular complexity index is 425. The van der Waals surface area contributed by atoms with Crippen LogP contribution in [0.15, 0.2) is 36.8 Å². The third-order valence-corrected chi connectivity index (χ3v) is 2.47. The summed E-state index contributed by atoms with van der Waals surface area (Å²) in [5.74, 6) is -0.215. The van der Waals surface area contributed by atoms with Gasteiger partial charge in [0.1, 0.15) is 5.82 Å². The lowest BCUT2D eigenvalue weighted by Crippen LogP contribution is -1.97. The highest BCUT2D eigenvalue weighted by atomic mass is 18.2. The Morgan fingerprint density at radius 1 is 1.24 bits per heavy atom. The van der Waals surface area contributed by atoms with E-state index in [1.807, 2.05) is 6.20 Å². The molecule has 0 amide bonds. The van der Waals surface area contributed by atoms with Crippen LogP contribution in [0.3, 0.4) is 0 Å². The van der Waals surface area contributed by atoms with Gasteiger partial charge in [0.2, 0.25) is 0 Å². The summed E-state index contributed by atoms with van der Waals surface area (Å²) in [6, 6.07) is 6.38. The van der Waals surface area contributed by atoms with E-state index < -0.39 is 0 Å². The number of hydrogen-bond acceptors (Lipinski definition) is 2. The first-order chi connectivity index (χ1) is 8.34. The molecule has 0 atom stereocenters. The predicted molar refractivity (Wildman–Crippen MR) is 63.0 cm³/mol. The van der Waals surface area contributed by atoms with Gasteiger partial charge >= 0.3 is 0 Å². The van der Waals surface area contributed by atoms with Gasteiger partial charge in [0.15, 0.2) is 0 Å². The molecule has 0 aliphatic carbocycles. The smallest absolute Gasteiger partial charge is 0.123 e. The van der Waals surface area contributed by atoms with E-state index in [1.165, 1.54) is 12.1 Å². The molecule has 2 rings (SSSR count). The van der Waals surface area contributed by atoms with Crippen molar-refractivity contribution < 1.29 is 9.13 Å². The van der Waals surface area contributed by atoms with E-state index in [0.29, 0.717) is 13.2 Å². The molecule has 4 heteroatoms. The third kappa shape index (κ3) is 4.00. The fourth-order valence-corrected chi connectivity index (χ4v) is 1.56. The number of aromatic nitrogens is 2. The molecule has 0 bridgehead atoms. The van der Waals surface area contributed by atoms with E-state index in [2.05, 4.69) is 9.97 Å². The van der Waals surface area contributed by atoms with Gasteiger partial charge in [0, 0.05) is 18.5 Å². The first kappa shape index (κ1) is 11.8. The van der Waals surface area contributed by atoms with Gasteiger partial charge in [-0.05, 0) is 30.5 Å². The molecule has 0 aliphatic rings. The molecule has 0 fully saturated rings. The molecule has 90 valence electrons. The van der Waals surface area contributed by atoms with Crippen molar-refractivity contribution in [3.63, 3.8) is 0 Å². The summed E-state index contributed by atoms with van der Waals surface area (Å²) in [4.78, 5) is 6.99. The summed E-state index contributed by atoms with van der Waals surface area (Å²) in [5, 5.41) is 0. The van der Waals surface area contributed by atoms with Crippen molar-refractivity contribution in [2.75, 3.05) is 6.61 Å². The summed E-state index contributed by atoms with van der Waals surface area (Å²) in [6.07, 6.45) is 5.38. The molecule has 1 heterocycles. The Labute approximate surface area is 99.7 Å². The molecule has 0 unspecified atom stereocenters. The Morgan fingerprint density at radius 3 is 2.76 bits per heavy atom. The van der Waals surface area contributed by atoms with Crippen molar-refractivity contribution in [1.29, 1.82) is 0 Å². The second kappa shape index (κ2) is 6.15. The van der Waals surface area contributed by atoms with Crippen LogP contribution in [0, 0.1) is 5.82 Å². The van der Waals surface area contributed by atoms with Gasteiger partial charge in [-0.2, -0.15) is 0 Å². The van der Waals surface area contributed by atoms with Crippen LogP contribution in [-0.2, 0) is 17.8 Å². The van der Waals surface area contributed by atoms with Crippen molar-refractivity contribution in [3.05, 3.63) is 53.9 Å². The quantitative estimate of drug-likeness (QED) is 0.779. The van der Waals surface area contributed by atoms with Crippen LogP contribution in [0.1, 0.15) is 17.7 Å². The van der Waals surface area contributed by atoms with Gasteiger partial charge in [-0.3, -0.25) is 0 Å². The number of rotatable bonds is 6. The topological polar surface area (TPSA) is 37.9 Å². The maximum atomic E-state index is 12.6. The average Bonchev–Trinajstić information content (AvgIpc) is 2.84. The van der Waals surface area contributed by atoms with Gasteiger partial charge in [0.05, 0.1) is 12.9 Å². The van der Waals surface area contributed by atoms with Crippen LogP contribution >= 0.6 is 0 Å². The van der Waals surface area contributed by atoms with Crippen LogP contribution in [0.25, 0.3) is 0 Å². The van der Waals surface area contributed by atoms with Crippen molar-refractivity contribution in [1.82, 2.24) is 9.97 Å². The van der Waals surface area contributed by atoms with E-state index in [-0.39, 0.29) is 5.82 Å². The summed E-state index contributed by atoms with van der Waals surface area (Å²) < 4.78 is 18.1. The highest BCUT2D eigenvalue weighted by Gasteiger charge is 1.96. The second-order valence-electron chi connectivity index (χ2n) is 3.86. The van der Waals surface area contributed by atoms with E-state index >= 15 is 0 Å². The average molecular weight is 233 g/mol.